The van der Waals surface area contributed by atoms with Crippen LogP contribution in [-0.4, -0.2) is 11.5 Å². The maximum atomic E-state index is 5.16. The Hall–Kier alpha value is -1.71. The molecule has 1 N–H and O–H groups in total. The van der Waals surface area contributed by atoms with Gasteiger partial charge >= 0.3 is 0 Å². The van der Waals surface area contributed by atoms with Gasteiger partial charge in [-0.3, -0.25) is 4.98 Å². The standard InChI is InChI=1S/C24H30N2S/c1-2-3-16-25-24(18-10-5-4-6-11-18)22-14-9-13-21(26-22)20-17-27-23-15-8-7-12-19(20)23/h7-9,12-15,17-18,24-25H,2-6,10-11,16H2,1H3. The van der Waals surface area contributed by atoms with E-state index in [0.717, 1.165) is 18.2 Å². The van der Waals surface area contributed by atoms with Gasteiger partial charge in [0.15, 0.2) is 0 Å². The number of hydrogen-bond acceptors (Lipinski definition) is 3. The van der Waals surface area contributed by atoms with E-state index in [-0.39, 0.29) is 0 Å². The molecule has 2 heterocycles. The Labute approximate surface area is 167 Å². The molecule has 142 valence electrons. The molecule has 0 spiro atoms. The average Bonchev–Trinajstić information content (AvgIpc) is 3.16. The van der Waals surface area contributed by atoms with Gasteiger partial charge in [0.05, 0.1) is 17.4 Å². The normalized spacial score (nSPS) is 16.6. The van der Waals surface area contributed by atoms with Crippen LogP contribution < -0.4 is 5.32 Å². The van der Waals surface area contributed by atoms with E-state index in [4.69, 9.17) is 4.98 Å². The number of rotatable bonds is 7. The van der Waals surface area contributed by atoms with Gasteiger partial charge in [-0.25, -0.2) is 0 Å². The Morgan fingerprint density at radius 1 is 1.07 bits per heavy atom. The third-order valence-electron chi connectivity index (χ3n) is 5.86. The van der Waals surface area contributed by atoms with Gasteiger partial charge < -0.3 is 5.32 Å². The van der Waals surface area contributed by atoms with Gasteiger partial charge in [0.1, 0.15) is 0 Å². The summed E-state index contributed by atoms with van der Waals surface area (Å²) in [4.78, 5) is 5.16. The van der Waals surface area contributed by atoms with Crippen molar-refractivity contribution in [1.82, 2.24) is 10.3 Å². The second-order valence-electron chi connectivity index (χ2n) is 7.78. The van der Waals surface area contributed by atoms with Gasteiger partial charge in [0.2, 0.25) is 0 Å². The lowest BCUT2D eigenvalue weighted by Crippen LogP contribution is -2.31. The average molecular weight is 379 g/mol. The summed E-state index contributed by atoms with van der Waals surface area (Å²) in [5.74, 6) is 0.720. The van der Waals surface area contributed by atoms with Crippen molar-refractivity contribution in [3.63, 3.8) is 0 Å². The lowest BCUT2D eigenvalue weighted by atomic mass is 9.82. The topological polar surface area (TPSA) is 24.9 Å². The van der Waals surface area contributed by atoms with E-state index in [2.05, 4.69) is 60.1 Å². The second kappa shape index (κ2) is 8.99. The van der Waals surface area contributed by atoms with Gasteiger partial charge in [0.25, 0.3) is 0 Å². The van der Waals surface area contributed by atoms with Gasteiger partial charge in [-0.15, -0.1) is 11.3 Å². The third-order valence-corrected chi connectivity index (χ3v) is 6.83. The van der Waals surface area contributed by atoms with E-state index >= 15 is 0 Å². The van der Waals surface area contributed by atoms with Crippen LogP contribution in [0.5, 0.6) is 0 Å². The molecule has 1 aliphatic carbocycles. The highest BCUT2D eigenvalue weighted by Crippen LogP contribution is 2.36. The summed E-state index contributed by atoms with van der Waals surface area (Å²) in [6.45, 7) is 3.35. The van der Waals surface area contributed by atoms with Crippen molar-refractivity contribution in [2.75, 3.05) is 6.54 Å². The monoisotopic (exact) mass is 378 g/mol. The minimum atomic E-state index is 0.390. The zero-order chi connectivity index (χ0) is 18.5. The van der Waals surface area contributed by atoms with Crippen LogP contribution in [0.15, 0.2) is 47.8 Å². The number of benzene rings is 1. The van der Waals surface area contributed by atoms with Gasteiger partial charge in [0, 0.05) is 21.0 Å². The molecular formula is C24H30N2S. The Morgan fingerprint density at radius 3 is 2.78 bits per heavy atom. The van der Waals surface area contributed by atoms with Crippen molar-refractivity contribution in [1.29, 1.82) is 0 Å². The molecule has 27 heavy (non-hydrogen) atoms. The first-order valence-electron chi connectivity index (χ1n) is 10.5. The molecule has 0 radical (unpaired) electrons. The van der Waals surface area contributed by atoms with Gasteiger partial charge in [-0.1, -0.05) is 56.9 Å². The van der Waals surface area contributed by atoms with Gasteiger partial charge in [-0.05, 0) is 49.9 Å². The second-order valence-corrected chi connectivity index (χ2v) is 8.69. The highest BCUT2D eigenvalue weighted by atomic mass is 32.1. The predicted octanol–water partition coefficient (Wildman–Crippen LogP) is 6.97. The minimum Gasteiger partial charge on any atom is -0.308 e. The number of aromatic nitrogens is 1. The van der Waals surface area contributed by atoms with Crippen LogP contribution in [-0.2, 0) is 0 Å². The molecule has 1 atom stereocenters. The SMILES string of the molecule is CCCCNC(c1cccc(-c2csc3ccccc23)n1)C1CCCCC1. The highest BCUT2D eigenvalue weighted by molar-refractivity contribution is 7.17. The summed E-state index contributed by atoms with van der Waals surface area (Å²) in [6.07, 6.45) is 9.26. The molecular weight excluding hydrogens is 348 g/mol. The van der Waals surface area contributed by atoms with Crippen molar-refractivity contribution in [3.05, 3.63) is 53.5 Å². The van der Waals surface area contributed by atoms with Crippen molar-refractivity contribution in [2.45, 2.75) is 57.9 Å². The lowest BCUT2D eigenvalue weighted by Gasteiger charge is -2.31. The number of unbranched alkanes of at least 4 members (excludes halogenated alkanes) is 1. The first kappa shape index (κ1) is 18.6. The largest absolute Gasteiger partial charge is 0.308 e. The van der Waals surface area contributed by atoms with Gasteiger partial charge in [-0.2, -0.15) is 0 Å². The fourth-order valence-corrected chi connectivity index (χ4v) is 5.32. The van der Waals surface area contributed by atoms with E-state index in [0.29, 0.717) is 6.04 Å². The Morgan fingerprint density at radius 2 is 1.93 bits per heavy atom. The van der Waals surface area contributed by atoms with Crippen molar-refractivity contribution in [2.24, 2.45) is 5.92 Å². The zero-order valence-electron chi connectivity index (χ0n) is 16.3. The van der Waals surface area contributed by atoms with E-state index in [1.807, 2.05) is 11.3 Å². The van der Waals surface area contributed by atoms with E-state index in [1.165, 1.54) is 66.3 Å². The fraction of sp³-hybridized carbons (Fsp3) is 0.458. The number of pyridine rings is 1. The lowest BCUT2D eigenvalue weighted by molar-refractivity contribution is 0.267. The van der Waals surface area contributed by atoms with Crippen LogP contribution >= 0.6 is 11.3 Å². The summed E-state index contributed by atoms with van der Waals surface area (Å²) >= 11 is 1.81. The number of thiophene rings is 1. The molecule has 3 aromatic rings. The van der Waals surface area contributed by atoms with Crippen LogP contribution in [0.25, 0.3) is 21.3 Å². The Bertz CT molecular complexity index is 863. The number of nitrogens with zero attached hydrogens (tertiary/aromatic N) is 1. The van der Waals surface area contributed by atoms with E-state index < -0.39 is 0 Å². The maximum absolute atomic E-state index is 5.16. The molecule has 3 heteroatoms. The Kier molecular flexibility index (Phi) is 6.21. The summed E-state index contributed by atoms with van der Waals surface area (Å²) in [6, 6.07) is 15.6. The summed E-state index contributed by atoms with van der Waals surface area (Å²) < 4.78 is 1.34. The van der Waals surface area contributed by atoms with Crippen LogP contribution in [0, 0.1) is 5.92 Å². The quantitative estimate of drug-likeness (QED) is 0.449. The molecule has 2 nitrogen and oxygen atoms in total. The van der Waals surface area contributed by atoms with Crippen LogP contribution in [0.4, 0.5) is 0 Å². The fourth-order valence-electron chi connectivity index (χ4n) is 4.37. The molecule has 1 saturated carbocycles. The molecule has 1 aromatic carbocycles. The molecule has 1 aliphatic rings. The van der Waals surface area contributed by atoms with Crippen molar-refractivity contribution >= 4 is 21.4 Å². The summed E-state index contributed by atoms with van der Waals surface area (Å²) in [7, 11) is 0. The zero-order valence-corrected chi connectivity index (χ0v) is 17.1. The molecule has 0 saturated heterocycles. The van der Waals surface area contributed by atoms with Crippen LogP contribution in [0.2, 0.25) is 0 Å². The third kappa shape index (κ3) is 4.25. The van der Waals surface area contributed by atoms with Crippen molar-refractivity contribution < 1.29 is 0 Å². The molecule has 2 aromatic heterocycles. The highest BCUT2D eigenvalue weighted by Gasteiger charge is 2.26. The van der Waals surface area contributed by atoms with Crippen molar-refractivity contribution in [3.8, 4) is 11.3 Å². The first-order chi connectivity index (χ1) is 13.4. The predicted molar refractivity (Wildman–Crippen MR) is 117 cm³/mol. The number of nitrogens with one attached hydrogen (secondary N) is 1. The molecule has 0 aliphatic heterocycles. The smallest absolute Gasteiger partial charge is 0.0720 e. The number of fused-ring (bicyclic) bond motifs is 1. The molecule has 0 bridgehead atoms. The molecule has 4 rings (SSSR count). The first-order valence-corrected chi connectivity index (χ1v) is 11.4. The van der Waals surface area contributed by atoms with E-state index in [1.54, 1.807) is 0 Å². The van der Waals surface area contributed by atoms with Crippen LogP contribution in [0.3, 0.4) is 0 Å². The summed E-state index contributed by atoms with van der Waals surface area (Å²) in [5, 5.41) is 7.44. The molecule has 1 unspecified atom stereocenters. The Balaban J connectivity index is 1.65. The summed E-state index contributed by atoms with van der Waals surface area (Å²) in [5.41, 5.74) is 3.61. The maximum Gasteiger partial charge on any atom is 0.0720 e. The molecule has 1 fully saturated rings. The van der Waals surface area contributed by atoms with Crippen LogP contribution in [0.1, 0.15) is 63.6 Å². The minimum absolute atomic E-state index is 0.390. The number of hydrogen-bond donors (Lipinski definition) is 1. The molecule has 0 amide bonds. The van der Waals surface area contributed by atoms with E-state index in [9.17, 15) is 0 Å².